The largest absolute Gasteiger partial charge is 0.506 e. The number of carbonyl (C=O) groups excluding carboxylic acids is 2. The number of aryl methyl sites for hydroxylation is 1. The van der Waals surface area contributed by atoms with Crippen molar-refractivity contribution in [3.63, 3.8) is 0 Å². The highest BCUT2D eigenvalue weighted by atomic mass is 16.3. The molecule has 2 heterocycles. The first-order valence-electron chi connectivity index (χ1n) is 8.09. The van der Waals surface area contributed by atoms with Crippen LogP contribution < -0.4 is 0 Å². The monoisotopic (exact) mass is 324 g/mol. The van der Waals surface area contributed by atoms with Gasteiger partial charge in [0.2, 0.25) is 0 Å². The summed E-state index contributed by atoms with van der Waals surface area (Å²) in [4.78, 5) is 30.5. The van der Waals surface area contributed by atoms with Crippen molar-refractivity contribution < 1.29 is 14.7 Å². The van der Waals surface area contributed by atoms with E-state index < -0.39 is 0 Å². The van der Waals surface area contributed by atoms with E-state index in [0.717, 1.165) is 11.1 Å². The van der Waals surface area contributed by atoms with E-state index in [1.54, 1.807) is 4.90 Å². The molecule has 1 aliphatic heterocycles. The second-order valence-corrected chi connectivity index (χ2v) is 6.23. The summed E-state index contributed by atoms with van der Waals surface area (Å²) in [7, 11) is 0. The molecule has 0 bridgehead atoms. The Labute approximate surface area is 140 Å². The molecule has 2 aromatic rings. The van der Waals surface area contributed by atoms with Gasteiger partial charge >= 0.3 is 0 Å². The van der Waals surface area contributed by atoms with Crippen molar-refractivity contribution in [3.8, 4) is 5.75 Å². The lowest BCUT2D eigenvalue weighted by Crippen LogP contribution is -2.40. The highest BCUT2D eigenvalue weighted by molar-refractivity contribution is 5.98. The van der Waals surface area contributed by atoms with E-state index in [-0.39, 0.29) is 23.4 Å². The van der Waals surface area contributed by atoms with Crippen molar-refractivity contribution in [1.29, 1.82) is 0 Å². The van der Waals surface area contributed by atoms with Crippen molar-refractivity contribution >= 4 is 11.7 Å². The molecule has 0 radical (unpaired) electrons. The minimum atomic E-state index is -0.153. The van der Waals surface area contributed by atoms with Gasteiger partial charge in [0.1, 0.15) is 5.75 Å². The van der Waals surface area contributed by atoms with Crippen LogP contribution in [0.5, 0.6) is 5.75 Å². The summed E-state index contributed by atoms with van der Waals surface area (Å²) in [5.74, 6) is -0.0647. The molecule has 1 aliphatic rings. The maximum absolute atomic E-state index is 12.6. The number of hydrogen-bond donors (Lipinski definition) is 1. The SMILES string of the molecule is Cc1ccc(C(=O)C2CCN(C(=O)c3cncc(O)c3)CC2)cc1. The maximum atomic E-state index is 12.6. The Kier molecular flexibility index (Phi) is 4.60. The topological polar surface area (TPSA) is 70.5 Å². The summed E-state index contributed by atoms with van der Waals surface area (Å²) >= 11 is 0. The number of amides is 1. The minimum Gasteiger partial charge on any atom is -0.506 e. The van der Waals surface area contributed by atoms with Crippen LogP contribution in [0, 0.1) is 12.8 Å². The molecule has 0 aliphatic carbocycles. The van der Waals surface area contributed by atoms with Crippen LogP contribution in [0.15, 0.2) is 42.7 Å². The molecule has 1 aromatic carbocycles. The summed E-state index contributed by atoms with van der Waals surface area (Å²) in [6, 6.07) is 9.04. The predicted octanol–water partition coefficient (Wildman–Crippen LogP) is 2.83. The van der Waals surface area contributed by atoms with E-state index in [9.17, 15) is 14.7 Å². The lowest BCUT2D eigenvalue weighted by Gasteiger charge is -2.31. The number of carbonyl (C=O) groups is 2. The highest BCUT2D eigenvalue weighted by Crippen LogP contribution is 2.23. The van der Waals surface area contributed by atoms with E-state index >= 15 is 0 Å². The second kappa shape index (κ2) is 6.83. The highest BCUT2D eigenvalue weighted by Gasteiger charge is 2.28. The number of ketones is 1. The van der Waals surface area contributed by atoms with Gasteiger partial charge in [-0.05, 0) is 25.8 Å². The standard InChI is InChI=1S/C19H20N2O3/c1-13-2-4-14(5-3-13)18(23)15-6-8-21(9-7-15)19(24)16-10-17(22)12-20-11-16/h2-5,10-12,15,22H,6-9H2,1H3. The van der Waals surface area contributed by atoms with Crippen LogP contribution in [-0.2, 0) is 0 Å². The number of benzene rings is 1. The summed E-state index contributed by atoms with van der Waals surface area (Å²) in [5, 5.41) is 9.44. The molecule has 5 heteroatoms. The Hall–Kier alpha value is -2.69. The third-order valence-electron chi connectivity index (χ3n) is 4.46. The van der Waals surface area contributed by atoms with Crippen molar-refractivity contribution in [2.75, 3.05) is 13.1 Å². The normalized spacial score (nSPS) is 15.3. The van der Waals surface area contributed by atoms with Gasteiger partial charge in [0.25, 0.3) is 5.91 Å². The number of piperidine rings is 1. The van der Waals surface area contributed by atoms with Gasteiger partial charge in [-0.2, -0.15) is 0 Å². The molecule has 0 saturated carbocycles. The Bertz CT molecular complexity index is 747. The Morgan fingerprint density at radius 3 is 2.38 bits per heavy atom. The number of nitrogens with zero attached hydrogens (tertiary/aromatic N) is 2. The Balaban J connectivity index is 1.62. The third-order valence-corrected chi connectivity index (χ3v) is 4.46. The molecular weight excluding hydrogens is 304 g/mol. The zero-order valence-electron chi connectivity index (χ0n) is 13.6. The van der Waals surface area contributed by atoms with Crippen LogP contribution in [0.2, 0.25) is 0 Å². The van der Waals surface area contributed by atoms with Gasteiger partial charge in [-0.15, -0.1) is 0 Å². The molecule has 1 saturated heterocycles. The van der Waals surface area contributed by atoms with E-state index in [4.69, 9.17) is 0 Å². The lowest BCUT2D eigenvalue weighted by molar-refractivity contribution is 0.0649. The molecule has 0 atom stereocenters. The minimum absolute atomic E-state index is 0.0229. The third kappa shape index (κ3) is 3.45. The van der Waals surface area contributed by atoms with Crippen molar-refractivity contribution in [2.24, 2.45) is 5.92 Å². The number of pyridine rings is 1. The zero-order valence-corrected chi connectivity index (χ0v) is 13.6. The van der Waals surface area contributed by atoms with E-state index in [1.165, 1.54) is 18.5 Å². The molecule has 124 valence electrons. The predicted molar refractivity (Wildman–Crippen MR) is 90.0 cm³/mol. The lowest BCUT2D eigenvalue weighted by atomic mass is 9.88. The molecule has 1 fully saturated rings. The van der Waals surface area contributed by atoms with Gasteiger partial charge in [0.05, 0.1) is 11.8 Å². The first-order valence-corrected chi connectivity index (χ1v) is 8.09. The van der Waals surface area contributed by atoms with Gasteiger partial charge in [-0.3, -0.25) is 14.6 Å². The Morgan fingerprint density at radius 1 is 1.08 bits per heavy atom. The van der Waals surface area contributed by atoms with Crippen molar-refractivity contribution in [3.05, 3.63) is 59.4 Å². The average Bonchev–Trinajstić information content (AvgIpc) is 2.61. The van der Waals surface area contributed by atoms with Crippen molar-refractivity contribution in [2.45, 2.75) is 19.8 Å². The van der Waals surface area contributed by atoms with Crippen LogP contribution in [0.4, 0.5) is 0 Å². The summed E-state index contributed by atoms with van der Waals surface area (Å²) in [5.41, 5.74) is 2.24. The number of aromatic nitrogens is 1. The molecule has 1 amide bonds. The van der Waals surface area contributed by atoms with Gasteiger partial charge in [-0.1, -0.05) is 29.8 Å². The number of hydrogen-bond acceptors (Lipinski definition) is 4. The summed E-state index contributed by atoms with van der Waals surface area (Å²) in [6.07, 6.45) is 4.06. The van der Waals surface area contributed by atoms with Gasteiger partial charge in [0.15, 0.2) is 5.78 Å². The van der Waals surface area contributed by atoms with Gasteiger partial charge in [0, 0.05) is 30.8 Å². The molecule has 3 rings (SSSR count). The second-order valence-electron chi connectivity index (χ2n) is 6.23. The Morgan fingerprint density at radius 2 is 1.75 bits per heavy atom. The van der Waals surface area contributed by atoms with Crippen LogP contribution in [-0.4, -0.2) is 39.8 Å². The van der Waals surface area contributed by atoms with Crippen molar-refractivity contribution in [1.82, 2.24) is 9.88 Å². The maximum Gasteiger partial charge on any atom is 0.255 e. The summed E-state index contributed by atoms with van der Waals surface area (Å²) in [6.45, 7) is 3.07. The summed E-state index contributed by atoms with van der Waals surface area (Å²) < 4.78 is 0. The number of rotatable bonds is 3. The number of Topliss-reactive ketones (excluding diaryl/α,β-unsaturated/α-hetero) is 1. The zero-order chi connectivity index (χ0) is 17.1. The molecule has 0 unspecified atom stereocenters. The van der Waals surface area contributed by atoms with Crippen LogP contribution >= 0.6 is 0 Å². The van der Waals surface area contributed by atoms with Crippen LogP contribution in [0.25, 0.3) is 0 Å². The van der Waals surface area contributed by atoms with Gasteiger partial charge < -0.3 is 10.0 Å². The van der Waals surface area contributed by atoms with Crippen LogP contribution in [0.1, 0.15) is 39.1 Å². The quantitative estimate of drug-likeness (QED) is 0.881. The average molecular weight is 324 g/mol. The molecule has 1 aromatic heterocycles. The first kappa shape index (κ1) is 16.2. The van der Waals surface area contributed by atoms with Crippen LogP contribution in [0.3, 0.4) is 0 Å². The number of likely N-dealkylation sites (tertiary alicyclic amines) is 1. The molecule has 24 heavy (non-hydrogen) atoms. The van der Waals surface area contributed by atoms with Gasteiger partial charge in [-0.25, -0.2) is 0 Å². The van der Waals surface area contributed by atoms with E-state index in [1.807, 2.05) is 31.2 Å². The number of aromatic hydroxyl groups is 1. The fraction of sp³-hybridized carbons (Fsp3) is 0.316. The molecule has 5 nitrogen and oxygen atoms in total. The first-order chi connectivity index (χ1) is 11.5. The smallest absolute Gasteiger partial charge is 0.255 e. The molecule has 1 N–H and O–H groups in total. The fourth-order valence-electron chi connectivity index (χ4n) is 3.03. The van der Waals surface area contributed by atoms with E-state index in [2.05, 4.69) is 4.98 Å². The molecular formula is C19H20N2O3. The van der Waals surface area contributed by atoms with E-state index in [0.29, 0.717) is 31.5 Å². The molecule has 0 spiro atoms. The fourth-order valence-corrected chi connectivity index (χ4v) is 3.03.